The second-order valence-electron chi connectivity index (χ2n) is 7.54. The minimum Gasteiger partial charge on any atom is -0.492 e. The summed E-state index contributed by atoms with van der Waals surface area (Å²) in [7, 11) is 2.16. The lowest BCUT2D eigenvalue weighted by molar-refractivity contribution is -0.120. The molecular formula is C20H32N4O2. The third kappa shape index (κ3) is 5.19. The first-order valence-corrected chi connectivity index (χ1v) is 9.80. The van der Waals surface area contributed by atoms with Crippen molar-refractivity contribution in [2.24, 2.45) is 17.6 Å². The van der Waals surface area contributed by atoms with E-state index in [0.717, 1.165) is 63.4 Å². The number of amides is 1. The Morgan fingerprint density at radius 2 is 1.92 bits per heavy atom. The fraction of sp³-hybridized carbons (Fsp3) is 0.650. The second-order valence-corrected chi connectivity index (χ2v) is 7.54. The smallest absolute Gasteiger partial charge is 0.227 e. The molecule has 0 radical (unpaired) electrons. The molecule has 2 aliphatic rings. The molecule has 2 atom stereocenters. The fourth-order valence-electron chi connectivity index (χ4n) is 3.90. The maximum absolute atomic E-state index is 12.4. The average Bonchev–Trinajstić information content (AvgIpc) is 3.14. The first-order valence-electron chi connectivity index (χ1n) is 9.80. The van der Waals surface area contributed by atoms with Gasteiger partial charge in [-0.2, -0.15) is 0 Å². The second kappa shape index (κ2) is 9.35. The van der Waals surface area contributed by atoms with Crippen molar-refractivity contribution in [2.45, 2.75) is 19.3 Å². The highest BCUT2D eigenvalue weighted by atomic mass is 16.5. The first-order chi connectivity index (χ1) is 12.7. The van der Waals surface area contributed by atoms with Crippen LogP contribution in [0.3, 0.4) is 0 Å². The highest BCUT2D eigenvalue weighted by Crippen LogP contribution is 2.32. The Hall–Kier alpha value is -1.63. The van der Waals surface area contributed by atoms with E-state index in [0.29, 0.717) is 19.1 Å². The molecule has 0 bridgehead atoms. The number of likely N-dealkylation sites (N-methyl/N-ethyl adjacent to an activating group) is 1. The van der Waals surface area contributed by atoms with Gasteiger partial charge in [-0.15, -0.1) is 0 Å². The summed E-state index contributed by atoms with van der Waals surface area (Å²) in [6.07, 6.45) is 3.11. The Morgan fingerprint density at radius 1 is 1.19 bits per heavy atom. The zero-order chi connectivity index (χ0) is 18.4. The zero-order valence-electron chi connectivity index (χ0n) is 15.8. The standard InChI is InChI=1S/C20H32N4O2/c1-23-9-11-24(12-10-23)13-14-26-18-7-5-17(6-8-18)22-20(25)19-4-2-3-16(19)15-21/h5-8,16,19H,2-4,9-15,21H2,1H3,(H,22,25)/t16-,19-/m1/s1. The van der Waals surface area contributed by atoms with Gasteiger partial charge in [0.25, 0.3) is 0 Å². The molecule has 1 aromatic rings. The molecular weight excluding hydrogens is 328 g/mol. The summed E-state index contributed by atoms with van der Waals surface area (Å²) in [5, 5.41) is 3.02. The minimum absolute atomic E-state index is 0.0551. The SMILES string of the molecule is CN1CCN(CCOc2ccc(NC(=O)[C@@H]3CCC[C@@H]3CN)cc2)CC1. The van der Waals surface area contributed by atoms with Crippen LogP contribution in [0, 0.1) is 11.8 Å². The van der Waals surface area contributed by atoms with Crippen LogP contribution in [0.2, 0.25) is 0 Å². The van der Waals surface area contributed by atoms with Crippen LogP contribution >= 0.6 is 0 Å². The van der Waals surface area contributed by atoms with E-state index < -0.39 is 0 Å². The van der Waals surface area contributed by atoms with Crippen LogP contribution in [-0.2, 0) is 4.79 Å². The normalized spacial score (nSPS) is 24.5. The van der Waals surface area contributed by atoms with Crippen molar-refractivity contribution in [2.75, 3.05) is 58.2 Å². The fourth-order valence-corrected chi connectivity index (χ4v) is 3.90. The molecule has 6 nitrogen and oxygen atoms in total. The molecule has 0 aromatic heterocycles. The number of carbonyl (C=O) groups excluding carboxylic acids is 1. The van der Waals surface area contributed by atoms with Crippen molar-refractivity contribution >= 4 is 11.6 Å². The first kappa shape index (κ1) is 19.1. The van der Waals surface area contributed by atoms with Gasteiger partial charge in [-0.3, -0.25) is 9.69 Å². The van der Waals surface area contributed by atoms with E-state index in [2.05, 4.69) is 22.2 Å². The van der Waals surface area contributed by atoms with Crippen LogP contribution < -0.4 is 15.8 Å². The molecule has 1 aliphatic heterocycles. The van der Waals surface area contributed by atoms with Gasteiger partial charge in [0.1, 0.15) is 12.4 Å². The van der Waals surface area contributed by atoms with Gasteiger partial charge < -0.3 is 20.7 Å². The van der Waals surface area contributed by atoms with Crippen molar-refractivity contribution < 1.29 is 9.53 Å². The summed E-state index contributed by atoms with van der Waals surface area (Å²) in [5.41, 5.74) is 6.60. The van der Waals surface area contributed by atoms with Gasteiger partial charge in [-0.25, -0.2) is 0 Å². The predicted molar refractivity (Wildman–Crippen MR) is 104 cm³/mol. The van der Waals surface area contributed by atoms with Crippen molar-refractivity contribution in [3.63, 3.8) is 0 Å². The van der Waals surface area contributed by atoms with E-state index in [9.17, 15) is 4.79 Å². The number of nitrogens with zero attached hydrogens (tertiary/aromatic N) is 2. The largest absolute Gasteiger partial charge is 0.492 e. The van der Waals surface area contributed by atoms with Gasteiger partial charge >= 0.3 is 0 Å². The molecule has 1 aliphatic carbocycles. The molecule has 2 fully saturated rings. The van der Waals surface area contributed by atoms with Crippen LogP contribution in [0.4, 0.5) is 5.69 Å². The maximum Gasteiger partial charge on any atom is 0.227 e. The number of hydrogen-bond acceptors (Lipinski definition) is 5. The van der Waals surface area contributed by atoms with Gasteiger partial charge in [0, 0.05) is 44.3 Å². The minimum atomic E-state index is 0.0551. The van der Waals surface area contributed by atoms with Crippen LogP contribution in [0.25, 0.3) is 0 Å². The summed E-state index contributed by atoms with van der Waals surface area (Å²) in [5.74, 6) is 1.33. The van der Waals surface area contributed by atoms with Crippen LogP contribution in [0.15, 0.2) is 24.3 Å². The van der Waals surface area contributed by atoms with E-state index >= 15 is 0 Å². The van der Waals surface area contributed by atoms with E-state index in [1.165, 1.54) is 0 Å². The van der Waals surface area contributed by atoms with Gasteiger partial charge in [0.05, 0.1) is 0 Å². The summed E-state index contributed by atoms with van der Waals surface area (Å²) < 4.78 is 5.85. The molecule has 1 saturated carbocycles. The number of rotatable bonds is 7. The van der Waals surface area contributed by atoms with Gasteiger partial charge in [0.15, 0.2) is 0 Å². The summed E-state index contributed by atoms with van der Waals surface area (Å²) in [6, 6.07) is 7.67. The third-order valence-electron chi connectivity index (χ3n) is 5.69. The van der Waals surface area contributed by atoms with E-state index in [4.69, 9.17) is 10.5 Å². The van der Waals surface area contributed by atoms with Crippen LogP contribution in [0.1, 0.15) is 19.3 Å². The number of hydrogen-bond donors (Lipinski definition) is 2. The summed E-state index contributed by atoms with van der Waals surface area (Å²) >= 11 is 0. The lowest BCUT2D eigenvalue weighted by Gasteiger charge is -2.32. The lowest BCUT2D eigenvalue weighted by Crippen LogP contribution is -2.45. The predicted octanol–water partition coefficient (Wildman–Crippen LogP) is 1.63. The van der Waals surface area contributed by atoms with Gasteiger partial charge in [0.2, 0.25) is 5.91 Å². The maximum atomic E-state index is 12.4. The average molecular weight is 361 g/mol. The molecule has 26 heavy (non-hydrogen) atoms. The molecule has 1 amide bonds. The van der Waals surface area contributed by atoms with Crippen LogP contribution in [0.5, 0.6) is 5.75 Å². The molecule has 144 valence electrons. The summed E-state index contributed by atoms with van der Waals surface area (Å²) in [6.45, 7) is 6.70. The van der Waals surface area contributed by atoms with Crippen molar-refractivity contribution in [3.8, 4) is 5.75 Å². The Bertz CT molecular complexity index is 570. The molecule has 3 rings (SSSR count). The Kier molecular flexibility index (Phi) is 6.88. The van der Waals surface area contributed by atoms with Gasteiger partial charge in [-0.1, -0.05) is 6.42 Å². The summed E-state index contributed by atoms with van der Waals surface area (Å²) in [4.78, 5) is 17.2. The topological polar surface area (TPSA) is 70.8 Å². The molecule has 3 N–H and O–H groups in total. The Balaban J connectivity index is 1.41. The van der Waals surface area contributed by atoms with Crippen LogP contribution in [-0.4, -0.2) is 68.6 Å². The highest BCUT2D eigenvalue weighted by Gasteiger charge is 2.31. The van der Waals surface area contributed by atoms with E-state index in [1.807, 2.05) is 24.3 Å². The molecule has 1 saturated heterocycles. The van der Waals surface area contributed by atoms with Crippen molar-refractivity contribution in [3.05, 3.63) is 24.3 Å². The molecule has 6 heteroatoms. The number of benzene rings is 1. The van der Waals surface area contributed by atoms with Crippen molar-refractivity contribution in [1.29, 1.82) is 0 Å². The number of anilines is 1. The Morgan fingerprint density at radius 3 is 2.62 bits per heavy atom. The van der Waals surface area contributed by atoms with E-state index in [1.54, 1.807) is 0 Å². The highest BCUT2D eigenvalue weighted by molar-refractivity contribution is 5.93. The lowest BCUT2D eigenvalue weighted by atomic mass is 9.95. The molecule has 0 unspecified atom stereocenters. The number of nitrogens with two attached hydrogens (primary N) is 1. The zero-order valence-corrected chi connectivity index (χ0v) is 15.8. The monoisotopic (exact) mass is 360 g/mol. The number of nitrogens with one attached hydrogen (secondary N) is 1. The molecule has 1 aromatic carbocycles. The third-order valence-corrected chi connectivity index (χ3v) is 5.69. The Labute approximate surface area is 156 Å². The number of ether oxygens (including phenoxy) is 1. The molecule has 0 spiro atoms. The van der Waals surface area contributed by atoms with E-state index in [-0.39, 0.29) is 11.8 Å². The van der Waals surface area contributed by atoms with Gasteiger partial charge in [-0.05, 0) is 56.6 Å². The quantitative estimate of drug-likeness (QED) is 0.773. The number of piperazine rings is 1. The number of carbonyl (C=O) groups is 1. The van der Waals surface area contributed by atoms with Crippen molar-refractivity contribution in [1.82, 2.24) is 9.80 Å². The molecule has 1 heterocycles.